The van der Waals surface area contributed by atoms with E-state index >= 15 is 0 Å². The van der Waals surface area contributed by atoms with Crippen LogP contribution in [0.5, 0.6) is 0 Å². The average molecular weight is 172 g/mol. The summed E-state index contributed by atoms with van der Waals surface area (Å²) < 4.78 is 0. The molecule has 0 bridgehead atoms. The van der Waals surface area contributed by atoms with Crippen LogP contribution >= 0.6 is 0 Å². The van der Waals surface area contributed by atoms with Crippen LogP contribution in [0.1, 0.15) is 29.7 Å². The van der Waals surface area contributed by atoms with E-state index in [2.05, 4.69) is 24.4 Å². The molecule has 2 nitrogen and oxygen atoms in total. The van der Waals surface area contributed by atoms with Crippen LogP contribution in [0.4, 0.5) is 0 Å². The van der Waals surface area contributed by atoms with E-state index in [1.165, 1.54) is 11.1 Å². The van der Waals surface area contributed by atoms with Crippen LogP contribution in [0.15, 0.2) is 18.2 Å². The van der Waals surface area contributed by atoms with Crippen molar-refractivity contribution in [2.24, 2.45) is 0 Å². The number of hydrogen-bond acceptors (Lipinski definition) is 2. The average Bonchev–Trinajstić information content (AvgIpc) is 2.18. The summed E-state index contributed by atoms with van der Waals surface area (Å²) in [5.74, 6) is 0. The van der Waals surface area contributed by atoms with Crippen LogP contribution in [-0.2, 0) is 6.42 Å². The van der Waals surface area contributed by atoms with Gasteiger partial charge >= 0.3 is 0 Å². The Kier molecular flexibility index (Phi) is 2.03. The summed E-state index contributed by atoms with van der Waals surface area (Å²) in [6.45, 7) is 3.12. The van der Waals surface area contributed by atoms with E-state index in [0.29, 0.717) is 6.04 Å². The summed E-state index contributed by atoms with van der Waals surface area (Å²) in [5, 5.41) is 12.3. The first-order valence-electron chi connectivity index (χ1n) is 4.58. The van der Waals surface area contributed by atoms with Gasteiger partial charge in [0.25, 0.3) is 0 Å². The molecule has 13 heavy (non-hydrogen) atoms. The Morgan fingerprint density at radius 1 is 1.54 bits per heavy atom. The summed E-state index contributed by atoms with van der Waals surface area (Å²) in [7, 11) is 0. The standard InChI is InChI=1S/C11H12N2/c1-8-10-4-2-3-9(7-12)11(10)5-6-13-8/h2-4,8,13H,5-6H2,1H3/t8-/m1/s1. The van der Waals surface area contributed by atoms with E-state index in [1.807, 2.05) is 12.1 Å². The minimum absolute atomic E-state index is 0.386. The van der Waals surface area contributed by atoms with Crippen molar-refractivity contribution in [1.29, 1.82) is 5.26 Å². The van der Waals surface area contributed by atoms with Crippen LogP contribution in [0.25, 0.3) is 0 Å². The van der Waals surface area contributed by atoms with E-state index in [9.17, 15) is 0 Å². The zero-order valence-electron chi connectivity index (χ0n) is 7.67. The lowest BCUT2D eigenvalue weighted by molar-refractivity contribution is 0.540. The highest BCUT2D eigenvalue weighted by atomic mass is 14.9. The third-order valence-electron chi connectivity index (χ3n) is 2.62. The van der Waals surface area contributed by atoms with Gasteiger partial charge in [0.15, 0.2) is 0 Å². The molecule has 0 saturated carbocycles. The number of hydrogen-bond donors (Lipinski definition) is 1. The van der Waals surface area contributed by atoms with E-state index in [1.54, 1.807) is 0 Å². The monoisotopic (exact) mass is 172 g/mol. The molecule has 2 heteroatoms. The third-order valence-corrected chi connectivity index (χ3v) is 2.62. The normalized spacial score (nSPS) is 20.5. The highest BCUT2D eigenvalue weighted by molar-refractivity contribution is 5.45. The molecule has 0 fully saturated rings. The largest absolute Gasteiger partial charge is 0.310 e. The molecule has 1 heterocycles. The Morgan fingerprint density at radius 2 is 2.38 bits per heavy atom. The summed E-state index contributed by atoms with van der Waals surface area (Å²) >= 11 is 0. The molecule has 1 atom stereocenters. The van der Waals surface area contributed by atoms with Crippen molar-refractivity contribution in [3.63, 3.8) is 0 Å². The predicted molar refractivity (Wildman–Crippen MR) is 51.3 cm³/mol. The molecule has 0 radical (unpaired) electrons. The van der Waals surface area contributed by atoms with Crippen molar-refractivity contribution in [1.82, 2.24) is 5.32 Å². The number of nitriles is 1. The van der Waals surface area contributed by atoms with Gasteiger partial charge in [0.1, 0.15) is 0 Å². The van der Waals surface area contributed by atoms with E-state index in [0.717, 1.165) is 18.5 Å². The minimum atomic E-state index is 0.386. The molecular weight excluding hydrogens is 160 g/mol. The quantitative estimate of drug-likeness (QED) is 0.647. The second kappa shape index (κ2) is 3.20. The Hall–Kier alpha value is -1.33. The van der Waals surface area contributed by atoms with Gasteiger partial charge in [-0.3, -0.25) is 0 Å². The van der Waals surface area contributed by atoms with Crippen molar-refractivity contribution in [2.45, 2.75) is 19.4 Å². The molecule has 1 aliphatic rings. The molecule has 1 N–H and O–H groups in total. The first kappa shape index (κ1) is 8.28. The van der Waals surface area contributed by atoms with Gasteiger partial charge in [0.05, 0.1) is 11.6 Å². The number of fused-ring (bicyclic) bond motifs is 1. The fourth-order valence-electron chi connectivity index (χ4n) is 1.92. The minimum Gasteiger partial charge on any atom is -0.310 e. The summed E-state index contributed by atoms with van der Waals surface area (Å²) in [6, 6.07) is 8.60. The lowest BCUT2D eigenvalue weighted by atomic mass is 9.92. The van der Waals surface area contributed by atoms with Crippen LogP contribution in [-0.4, -0.2) is 6.54 Å². The molecular formula is C11H12N2. The molecule has 1 aliphatic heterocycles. The number of nitrogens with one attached hydrogen (secondary N) is 1. The molecule has 0 aromatic heterocycles. The van der Waals surface area contributed by atoms with Crippen molar-refractivity contribution in [3.05, 3.63) is 34.9 Å². The topological polar surface area (TPSA) is 35.8 Å². The van der Waals surface area contributed by atoms with Gasteiger partial charge < -0.3 is 5.32 Å². The fraction of sp³-hybridized carbons (Fsp3) is 0.364. The maximum atomic E-state index is 8.91. The molecule has 0 amide bonds. The number of rotatable bonds is 0. The first-order valence-corrected chi connectivity index (χ1v) is 4.58. The smallest absolute Gasteiger partial charge is 0.0994 e. The molecule has 0 unspecified atom stereocenters. The van der Waals surface area contributed by atoms with Crippen LogP contribution in [0.2, 0.25) is 0 Å². The lowest BCUT2D eigenvalue weighted by Gasteiger charge is -2.24. The first-order chi connectivity index (χ1) is 6.33. The van der Waals surface area contributed by atoms with Gasteiger partial charge in [0.2, 0.25) is 0 Å². The van der Waals surface area contributed by atoms with Crippen molar-refractivity contribution in [3.8, 4) is 6.07 Å². The highest BCUT2D eigenvalue weighted by Gasteiger charge is 2.17. The third kappa shape index (κ3) is 1.32. The van der Waals surface area contributed by atoms with Crippen LogP contribution in [0, 0.1) is 11.3 Å². The zero-order valence-corrected chi connectivity index (χ0v) is 7.67. The maximum absolute atomic E-state index is 8.91. The van der Waals surface area contributed by atoms with Crippen molar-refractivity contribution >= 4 is 0 Å². The second-order valence-electron chi connectivity index (χ2n) is 3.41. The lowest BCUT2D eigenvalue weighted by Crippen LogP contribution is -2.28. The summed E-state index contributed by atoms with van der Waals surface area (Å²) in [5.41, 5.74) is 3.35. The van der Waals surface area contributed by atoms with Gasteiger partial charge in [-0.2, -0.15) is 5.26 Å². The summed E-state index contributed by atoms with van der Waals surface area (Å²) in [4.78, 5) is 0. The Balaban J connectivity index is 2.56. The van der Waals surface area contributed by atoms with E-state index in [4.69, 9.17) is 5.26 Å². The van der Waals surface area contributed by atoms with Gasteiger partial charge in [0, 0.05) is 6.04 Å². The molecule has 1 aromatic carbocycles. The molecule has 2 rings (SSSR count). The fourth-order valence-corrected chi connectivity index (χ4v) is 1.92. The van der Waals surface area contributed by atoms with Gasteiger partial charge in [-0.15, -0.1) is 0 Å². The predicted octanol–water partition coefficient (Wildman–Crippen LogP) is 1.76. The van der Waals surface area contributed by atoms with Crippen LogP contribution in [0.3, 0.4) is 0 Å². The van der Waals surface area contributed by atoms with E-state index < -0.39 is 0 Å². The van der Waals surface area contributed by atoms with Gasteiger partial charge in [-0.05, 0) is 37.1 Å². The molecule has 1 aromatic rings. The molecule has 0 spiro atoms. The molecule has 0 saturated heterocycles. The number of nitrogens with zero attached hydrogens (tertiary/aromatic N) is 1. The zero-order chi connectivity index (χ0) is 9.26. The van der Waals surface area contributed by atoms with Crippen molar-refractivity contribution in [2.75, 3.05) is 6.54 Å². The molecule has 0 aliphatic carbocycles. The maximum Gasteiger partial charge on any atom is 0.0994 e. The SMILES string of the molecule is C[C@H]1NCCc2c(C#N)cccc21. The Bertz CT molecular complexity index is 363. The van der Waals surface area contributed by atoms with Gasteiger partial charge in [-0.1, -0.05) is 12.1 Å². The van der Waals surface area contributed by atoms with Crippen molar-refractivity contribution < 1.29 is 0 Å². The van der Waals surface area contributed by atoms with E-state index in [-0.39, 0.29) is 0 Å². The number of benzene rings is 1. The molecule has 66 valence electrons. The Labute approximate surface area is 78.2 Å². The summed E-state index contributed by atoms with van der Waals surface area (Å²) in [6.07, 6.45) is 0.976. The van der Waals surface area contributed by atoms with Crippen LogP contribution < -0.4 is 5.32 Å². The van der Waals surface area contributed by atoms with Gasteiger partial charge in [-0.25, -0.2) is 0 Å². The highest BCUT2D eigenvalue weighted by Crippen LogP contribution is 2.24. The second-order valence-corrected chi connectivity index (χ2v) is 3.41. The Morgan fingerprint density at radius 3 is 3.15 bits per heavy atom.